The van der Waals surface area contributed by atoms with E-state index in [1.807, 2.05) is 0 Å². The number of hydrogen-bond acceptors (Lipinski definition) is 5. The molecule has 16 heavy (non-hydrogen) atoms. The first-order chi connectivity index (χ1) is 7.86. The molecule has 0 aliphatic rings. The summed E-state index contributed by atoms with van der Waals surface area (Å²) in [6.45, 7) is 6.12. The van der Waals surface area contributed by atoms with Gasteiger partial charge in [0.1, 0.15) is 5.82 Å². The van der Waals surface area contributed by atoms with Crippen LogP contribution in [0.25, 0.3) is 0 Å². The minimum atomic E-state index is 0.599. The first-order valence-electron chi connectivity index (χ1n) is 6.04. The van der Waals surface area contributed by atoms with Gasteiger partial charge in [-0.2, -0.15) is 10.1 Å². The van der Waals surface area contributed by atoms with Gasteiger partial charge in [-0.3, -0.25) is 0 Å². The molecule has 1 heterocycles. The second-order valence-electron chi connectivity index (χ2n) is 3.73. The van der Waals surface area contributed by atoms with E-state index in [4.69, 9.17) is 0 Å². The summed E-state index contributed by atoms with van der Waals surface area (Å²) in [7, 11) is 0. The molecule has 5 heteroatoms. The van der Waals surface area contributed by atoms with Crippen LogP contribution in [0, 0.1) is 0 Å². The predicted molar refractivity (Wildman–Crippen MR) is 66.6 cm³/mol. The molecule has 0 saturated heterocycles. The molecule has 0 radical (unpaired) electrons. The molecule has 2 N–H and O–H groups in total. The standard InChI is InChI=1S/C11H21N5/c1-3-5-6-8-12-10-9-14-16-11(15-10)13-7-4-2/h9H,3-8H2,1-2H3,(H2,12,13,15,16). The molecular formula is C11H21N5. The van der Waals surface area contributed by atoms with Crippen molar-refractivity contribution in [3.63, 3.8) is 0 Å². The van der Waals surface area contributed by atoms with Crippen molar-refractivity contribution in [1.82, 2.24) is 15.2 Å². The number of anilines is 2. The summed E-state index contributed by atoms with van der Waals surface area (Å²) in [5.41, 5.74) is 0. The largest absolute Gasteiger partial charge is 0.369 e. The highest BCUT2D eigenvalue weighted by atomic mass is 15.3. The average molecular weight is 223 g/mol. The van der Waals surface area contributed by atoms with E-state index in [9.17, 15) is 0 Å². The Balaban J connectivity index is 2.35. The van der Waals surface area contributed by atoms with Crippen molar-refractivity contribution in [2.75, 3.05) is 23.7 Å². The van der Waals surface area contributed by atoms with Crippen molar-refractivity contribution < 1.29 is 0 Å². The summed E-state index contributed by atoms with van der Waals surface area (Å²) < 4.78 is 0. The number of hydrogen-bond donors (Lipinski definition) is 2. The van der Waals surface area contributed by atoms with Crippen molar-refractivity contribution in [3.05, 3.63) is 6.20 Å². The highest BCUT2D eigenvalue weighted by Crippen LogP contribution is 2.04. The summed E-state index contributed by atoms with van der Waals surface area (Å²) in [5.74, 6) is 1.40. The van der Waals surface area contributed by atoms with Crippen LogP contribution in [0.15, 0.2) is 6.20 Å². The lowest BCUT2D eigenvalue weighted by molar-refractivity contribution is 0.741. The van der Waals surface area contributed by atoms with Crippen molar-refractivity contribution in [3.8, 4) is 0 Å². The normalized spacial score (nSPS) is 10.1. The third-order valence-electron chi connectivity index (χ3n) is 2.18. The quantitative estimate of drug-likeness (QED) is 0.662. The van der Waals surface area contributed by atoms with Crippen LogP contribution >= 0.6 is 0 Å². The lowest BCUT2D eigenvalue weighted by Gasteiger charge is -2.06. The first-order valence-corrected chi connectivity index (χ1v) is 6.04. The number of rotatable bonds is 8. The van der Waals surface area contributed by atoms with Gasteiger partial charge in [-0.05, 0) is 12.8 Å². The number of nitrogens with zero attached hydrogens (tertiary/aromatic N) is 3. The van der Waals surface area contributed by atoms with Crippen LogP contribution in [-0.4, -0.2) is 28.3 Å². The highest BCUT2D eigenvalue weighted by molar-refractivity contribution is 5.36. The van der Waals surface area contributed by atoms with Gasteiger partial charge in [0.05, 0.1) is 6.20 Å². The van der Waals surface area contributed by atoms with Gasteiger partial charge in [-0.25, -0.2) is 0 Å². The Morgan fingerprint density at radius 3 is 2.69 bits per heavy atom. The number of unbranched alkanes of at least 4 members (excludes halogenated alkanes) is 2. The fraction of sp³-hybridized carbons (Fsp3) is 0.727. The van der Waals surface area contributed by atoms with Crippen molar-refractivity contribution in [2.45, 2.75) is 39.5 Å². The molecule has 90 valence electrons. The average Bonchev–Trinajstić information content (AvgIpc) is 2.33. The fourth-order valence-electron chi connectivity index (χ4n) is 1.29. The van der Waals surface area contributed by atoms with Crippen LogP contribution in [0.4, 0.5) is 11.8 Å². The third-order valence-corrected chi connectivity index (χ3v) is 2.18. The monoisotopic (exact) mass is 223 g/mol. The zero-order valence-corrected chi connectivity index (χ0v) is 10.2. The molecule has 0 fully saturated rings. The van der Waals surface area contributed by atoms with Gasteiger partial charge >= 0.3 is 0 Å². The van der Waals surface area contributed by atoms with E-state index in [1.165, 1.54) is 12.8 Å². The summed E-state index contributed by atoms with van der Waals surface area (Å²) in [6.07, 6.45) is 6.35. The molecule has 0 aliphatic carbocycles. The second kappa shape index (κ2) is 7.84. The Bertz CT molecular complexity index is 289. The maximum Gasteiger partial charge on any atom is 0.244 e. The van der Waals surface area contributed by atoms with Gasteiger partial charge < -0.3 is 10.6 Å². The minimum absolute atomic E-state index is 0.599. The molecule has 0 amide bonds. The van der Waals surface area contributed by atoms with Crippen LogP contribution in [0.5, 0.6) is 0 Å². The molecule has 1 aromatic rings. The van der Waals surface area contributed by atoms with E-state index in [0.29, 0.717) is 5.95 Å². The molecule has 0 aliphatic heterocycles. The number of nitrogens with one attached hydrogen (secondary N) is 2. The molecule has 5 nitrogen and oxygen atoms in total. The van der Waals surface area contributed by atoms with E-state index in [1.54, 1.807) is 6.20 Å². The van der Waals surface area contributed by atoms with E-state index in [0.717, 1.165) is 31.7 Å². The molecule has 1 rings (SSSR count). The Kier molecular flexibility index (Phi) is 6.22. The van der Waals surface area contributed by atoms with Gasteiger partial charge in [0.2, 0.25) is 5.95 Å². The van der Waals surface area contributed by atoms with Gasteiger partial charge in [0.15, 0.2) is 0 Å². The van der Waals surface area contributed by atoms with E-state index < -0.39 is 0 Å². The molecule has 0 saturated carbocycles. The second-order valence-corrected chi connectivity index (χ2v) is 3.73. The predicted octanol–water partition coefficient (Wildman–Crippen LogP) is 2.30. The van der Waals surface area contributed by atoms with Gasteiger partial charge in [-0.1, -0.05) is 26.7 Å². The molecule has 0 aromatic carbocycles. The molecule has 0 bridgehead atoms. The Hall–Kier alpha value is -1.39. The molecule has 0 spiro atoms. The summed E-state index contributed by atoms with van der Waals surface area (Å²) in [5, 5.41) is 14.2. The van der Waals surface area contributed by atoms with Gasteiger partial charge in [0.25, 0.3) is 0 Å². The summed E-state index contributed by atoms with van der Waals surface area (Å²) >= 11 is 0. The van der Waals surface area contributed by atoms with E-state index >= 15 is 0 Å². The van der Waals surface area contributed by atoms with Crippen molar-refractivity contribution >= 4 is 11.8 Å². The lowest BCUT2D eigenvalue weighted by Crippen LogP contribution is -2.09. The Labute approximate surface area is 97.1 Å². The van der Waals surface area contributed by atoms with Crippen LogP contribution in [-0.2, 0) is 0 Å². The number of aromatic nitrogens is 3. The third kappa shape index (κ3) is 4.91. The van der Waals surface area contributed by atoms with E-state index in [2.05, 4.69) is 39.7 Å². The summed E-state index contributed by atoms with van der Waals surface area (Å²) in [6, 6.07) is 0. The van der Waals surface area contributed by atoms with Crippen LogP contribution < -0.4 is 10.6 Å². The molecule has 1 aromatic heterocycles. The van der Waals surface area contributed by atoms with Crippen LogP contribution in [0.2, 0.25) is 0 Å². The maximum atomic E-state index is 4.31. The zero-order chi connectivity index (χ0) is 11.6. The fourth-order valence-corrected chi connectivity index (χ4v) is 1.29. The highest BCUT2D eigenvalue weighted by Gasteiger charge is 1.98. The smallest absolute Gasteiger partial charge is 0.244 e. The van der Waals surface area contributed by atoms with Gasteiger partial charge in [0, 0.05) is 13.1 Å². The lowest BCUT2D eigenvalue weighted by atomic mass is 10.2. The Morgan fingerprint density at radius 1 is 1.06 bits per heavy atom. The SMILES string of the molecule is CCCCCNc1cnnc(NCCC)n1. The van der Waals surface area contributed by atoms with Crippen LogP contribution in [0.1, 0.15) is 39.5 Å². The molecule has 0 unspecified atom stereocenters. The Morgan fingerprint density at radius 2 is 1.94 bits per heavy atom. The molecular weight excluding hydrogens is 202 g/mol. The van der Waals surface area contributed by atoms with Crippen molar-refractivity contribution in [1.29, 1.82) is 0 Å². The maximum absolute atomic E-state index is 4.31. The van der Waals surface area contributed by atoms with Crippen molar-refractivity contribution in [2.24, 2.45) is 0 Å². The first kappa shape index (κ1) is 12.7. The molecule has 0 atom stereocenters. The minimum Gasteiger partial charge on any atom is -0.369 e. The van der Waals surface area contributed by atoms with E-state index in [-0.39, 0.29) is 0 Å². The zero-order valence-electron chi connectivity index (χ0n) is 10.2. The van der Waals surface area contributed by atoms with Gasteiger partial charge in [-0.15, -0.1) is 5.10 Å². The summed E-state index contributed by atoms with van der Waals surface area (Å²) in [4.78, 5) is 4.31. The topological polar surface area (TPSA) is 62.7 Å². The van der Waals surface area contributed by atoms with Crippen LogP contribution in [0.3, 0.4) is 0 Å².